The van der Waals surface area contributed by atoms with E-state index in [0.29, 0.717) is 10.7 Å². The van der Waals surface area contributed by atoms with Crippen molar-refractivity contribution in [3.63, 3.8) is 0 Å². The Balaban J connectivity index is 1.45. The quantitative estimate of drug-likeness (QED) is 0.539. The number of hydrogen-bond acceptors (Lipinski definition) is 9. The van der Waals surface area contributed by atoms with Crippen LogP contribution in [-0.4, -0.2) is 82.3 Å². The van der Waals surface area contributed by atoms with Crippen molar-refractivity contribution in [1.82, 2.24) is 15.1 Å². The zero-order valence-electron chi connectivity index (χ0n) is 17.3. The van der Waals surface area contributed by atoms with Crippen LogP contribution in [0, 0.1) is 11.6 Å². The van der Waals surface area contributed by atoms with Gasteiger partial charge in [0.05, 0.1) is 25.4 Å². The first kappa shape index (κ1) is 23.0. The minimum Gasteiger partial charge on any atom is -0.442 e. The van der Waals surface area contributed by atoms with Crippen LogP contribution in [0.4, 0.5) is 24.4 Å². The van der Waals surface area contributed by atoms with E-state index in [9.17, 15) is 23.5 Å². The molecule has 2 aliphatic rings. The first-order valence-corrected chi connectivity index (χ1v) is 11.0. The lowest BCUT2D eigenvalue weighted by Crippen LogP contribution is -2.42. The number of carbonyl (C=O) groups excluding carboxylic acids is 2. The molecule has 10 nitrogen and oxygen atoms in total. The molecular weight excluding hydrogens is 460 g/mol. The summed E-state index contributed by atoms with van der Waals surface area (Å²) in [6, 6.07) is 2.15. The fourth-order valence-electron chi connectivity index (χ4n) is 3.70. The molecule has 0 saturated carbocycles. The van der Waals surface area contributed by atoms with Gasteiger partial charge in [0.2, 0.25) is 5.13 Å². The summed E-state index contributed by atoms with van der Waals surface area (Å²) in [5.41, 5.74) is 1.74. The van der Waals surface area contributed by atoms with E-state index >= 15 is 0 Å². The van der Waals surface area contributed by atoms with Gasteiger partial charge in [0.15, 0.2) is 6.10 Å². The monoisotopic (exact) mass is 481 g/mol. The molecule has 0 spiro atoms. The lowest BCUT2D eigenvalue weighted by molar-refractivity contribution is -0.141. The van der Waals surface area contributed by atoms with E-state index in [1.165, 1.54) is 22.3 Å². The predicted octanol–water partition coefficient (Wildman–Crippen LogP) is 1.22. The summed E-state index contributed by atoms with van der Waals surface area (Å²) >= 11 is 1.29. The number of aromatic nitrogens is 2. The first-order valence-electron chi connectivity index (χ1n) is 10.1. The molecule has 2 atom stereocenters. The summed E-state index contributed by atoms with van der Waals surface area (Å²) in [6.07, 6.45) is -1.09. The number of aliphatic hydroxyl groups is 2. The number of aliphatic hydroxyl groups excluding tert-OH is 2. The standard InChI is InChI=1S/C20H21F2N5O5S/c21-14-5-12(27-8-13(32-20(27)31)7-23-19-25-24-10-33-19)6-15(22)17(14)11-1-3-26(4-2-11)18(30)16(29)9-28/h1,5-6,10,13,16,28-29H,2-4,7-9H2,(H,23,25)/t13-,16-/m0/s1. The largest absolute Gasteiger partial charge is 0.442 e. The van der Waals surface area contributed by atoms with Crippen molar-refractivity contribution >= 4 is 39.7 Å². The molecule has 33 heavy (non-hydrogen) atoms. The van der Waals surface area contributed by atoms with E-state index in [1.54, 1.807) is 5.51 Å². The van der Waals surface area contributed by atoms with Crippen molar-refractivity contribution < 1.29 is 33.3 Å². The highest BCUT2D eigenvalue weighted by Crippen LogP contribution is 2.32. The minimum absolute atomic E-state index is 0.0384. The van der Waals surface area contributed by atoms with E-state index < -0.39 is 42.4 Å². The van der Waals surface area contributed by atoms with Gasteiger partial charge in [-0.2, -0.15) is 0 Å². The normalized spacial score (nSPS) is 19.3. The summed E-state index contributed by atoms with van der Waals surface area (Å²) < 4.78 is 35.1. The second-order valence-corrected chi connectivity index (χ2v) is 8.32. The lowest BCUT2D eigenvalue weighted by atomic mass is 9.97. The molecule has 2 aromatic rings. The number of benzene rings is 1. The summed E-state index contributed by atoms with van der Waals surface area (Å²) in [5, 5.41) is 29.5. The van der Waals surface area contributed by atoms with Crippen LogP contribution in [0.5, 0.6) is 0 Å². The molecule has 3 N–H and O–H groups in total. The lowest BCUT2D eigenvalue weighted by Gasteiger charge is -2.28. The molecule has 0 radical (unpaired) electrons. The highest BCUT2D eigenvalue weighted by molar-refractivity contribution is 7.13. The van der Waals surface area contributed by atoms with E-state index in [4.69, 9.17) is 9.84 Å². The average molecular weight is 481 g/mol. The van der Waals surface area contributed by atoms with Crippen LogP contribution in [0.15, 0.2) is 23.7 Å². The summed E-state index contributed by atoms with van der Waals surface area (Å²) in [6.45, 7) is -0.129. The SMILES string of the molecule is O=C([C@@H](O)CO)N1CC=C(c2c(F)cc(N3C[C@H](CNc4nncs4)OC3=O)cc2F)CC1. The average Bonchev–Trinajstić information content (AvgIpc) is 3.46. The maximum absolute atomic E-state index is 14.9. The van der Waals surface area contributed by atoms with Crippen molar-refractivity contribution in [3.8, 4) is 0 Å². The molecule has 4 rings (SSSR count). The number of halogens is 2. The molecular formula is C20H21F2N5O5S. The van der Waals surface area contributed by atoms with Crippen LogP contribution in [0.1, 0.15) is 12.0 Å². The fraction of sp³-hybridized carbons (Fsp3) is 0.400. The van der Waals surface area contributed by atoms with Crippen molar-refractivity contribution in [2.45, 2.75) is 18.6 Å². The van der Waals surface area contributed by atoms with Crippen LogP contribution >= 0.6 is 11.3 Å². The van der Waals surface area contributed by atoms with Crippen LogP contribution in [0.25, 0.3) is 5.57 Å². The number of hydrogen-bond donors (Lipinski definition) is 3. The van der Waals surface area contributed by atoms with Gasteiger partial charge < -0.3 is 25.2 Å². The van der Waals surface area contributed by atoms with Gasteiger partial charge in [0, 0.05) is 18.7 Å². The molecule has 0 bridgehead atoms. The zero-order chi connectivity index (χ0) is 23.5. The van der Waals surface area contributed by atoms with Gasteiger partial charge in [-0.25, -0.2) is 13.6 Å². The number of carbonyl (C=O) groups is 2. The first-order chi connectivity index (χ1) is 15.9. The van der Waals surface area contributed by atoms with Gasteiger partial charge in [-0.1, -0.05) is 17.4 Å². The molecule has 2 aliphatic heterocycles. The van der Waals surface area contributed by atoms with Crippen LogP contribution < -0.4 is 10.2 Å². The summed E-state index contributed by atoms with van der Waals surface area (Å²) in [7, 11) is 0. The molecule has 1 aromatic carbocycles. The molecule has 1 saturated heterocycles. The molecule has 2 amide bonds. The highest BCUT2D eigenvalue weighted by Gasteiger charge is 2.34. The van der Waals surface area contributed by atoms with Crippen LogP contribution in [-0.2, 0) is 9.53 Å². The Kier molecular flexibility index (Phi) is 6.81. The number of nitrogens with zero attached hydrogens (tertiary/aromatic N) is 4. The molecule has 1 fully saturated rings. The van der Waals surface area contributed by atoms with Gasteiger partial charge in [-0.15, -0.1) is 10.2 Å². The van der Waals surface area contributed by atoms with E-state index in [2.05, 4.69) is 15.5 Å². The van der Waals surface area contributed by atoms with Gasteiger partial charge in [-0.05, 0) is 24.1 Å². The number of nitrogens with one attached hydrogen (secondary N) is 1. The topological polar surface area (TPSA) is 128 Å². The number of ether oxygens (including phenoxy) is 1. The highest BCUT2D eigenvalue weighted by atomic mass is 32.1. The maximum atomic E-state index is 14.9. The summed E-state index contributed by atoms with van der Waals surface area (Å²) in [4.78, 5) is 26.7. The van der Waals surface area contributed by atoms with E-state index in [-0.39, 0.29) is 43.9 Å². The third kappa shape index (κ3) is 4.94. The third-order valence-corrected chi connectivity index (χ3v) is 6.00. The zero-order valence-corrected chi connectivity index (χ0v) is 18.1. The minimum atomic E-state index is -1.52. The molecule has 176 valence electrons. The van der Waals surface area contributed by atoms with Gasteiger partial charge >= 0.3 is 6.09 Å². The Labute approximate surface area is 191 Å². The Morgan fingerprint density at radius 3 is 2.73 bits per heavy atom. The van der Waals surface area contributed by atoms with Gasteiger partial charge in [0.1, 0.15) is 23.2 Å². The molecule has 0 aliphatic carbocycles. The third-order valence-electron chi connectivity index (χ3n) is 5.35. The van der Waals surface area contributed by atoms with E-state index in [0.717, 1.165) is 17.0 Å². The van der Waals surface area contributed by atoms with Crippen LogP contribution in [0.3, 0.4) is 0 Å². The van der Waals surface area contributed by atoms with Crippen molar-refractivity contribution in [1.29, 1.82) is 0 Å². The number of cyclic esters (lactones) is 1. The maximum Gasteiger partial charge on any atom is 0.414 e. The van der Waals surface area contributed by atoms with Crippen molar-refractivity contribution in [3.05, 3.63) is 40.9 Å². The Morgan fingerprint density at radius 1 is 1.36 bits per heavy atom. The smallest absolute Gasteiger partial charge is 0.414 e. The van der Waals surface area contributed by atoms with Gasteiger partial charge in [-0.3, -0.25) is 9.69 Å². The van der Waals surface area contributed by atoms with Crippen molar-refractivity contribution in [2.75, 3.05) is 43.0 Å². The molecule has 1 aromatic heterocycles. The molecule has 0 unspecified atom stereocenters. The predicted molar refractivity (Wildman–Crippen MR) is 115 cm³/mol. The Bertz CT molecular complexity index is 1040. The number of rotatable bonds is 7. The van der Waals surface area contributed by atoms with Gasteiger partial charge in [0.25, 0.3) is 5.91 Å². The van der Waals surface area contributed by atoms with E-state index in [1.807, 2.05) is 0 Å². The Morgan fingerprint density at radius 2 is 2.12 bits per heavy atom. The molecule has 3 heterocycles. The fourth-order valence-corrected chi connectivity index (χ4v) is 4.15. The molecule has 13 heteroatoms. The number of amides is 2. The Hall–Kier alpha value is -3.16. The van der Waals surface area contributed by atoms with Crippen molar-refractivity contribution in [2.24, 2.45) is 0 Å². The second kappa shape index (κ2) is 9.77. The van der Waals surface area contributed by atoms with Crippen LogP contribution in [0.2, 0.25) is 0 Å². The summed E-state index contributed by atoms with van der Waals surface area (Å²) in [5.74, 6) is -2.32. The second-order valence-electron chi connectivity index (χ2n) is 7.49. The number of anilines is 2.